The average Bonchev–Trinajstić information content (AvgIpc) is 2.98. The first-order valence-corrected chi connectivity index (χ1v) is 8.25. The topological polar surface area (TPSA) is 72.7 Å². The summed E-state index contributed by atoms with van der Waals surface area (Å²) < 4.78 is 1.54. The molecule has 1 aliphatic carbocycles. The van der Waals surface area contributed by atoms with Gasteiger partial charge in [-0.25, -0.2) is 9.97 Å². The number of hydrogen-bond acceptors (Lipinski definition) is 4. The highest BCUT2D eigenvalue weighted by atomic mass is 35.5. The van der Waals surface area contributed by atoms with Crippen molar-refractivity contribution in [2.24, 2.45) is 0 Å². The molecule has 0 saturated carbocycles. The Hall–Kier alpha value is -1.95. The maximum Gasteiger partial charge on any atom is 0.244 e. The van der Waals surface area contributed by atoms with Gasteiger partial charge in [0.05, 0.1) is 17.8 Å². The fourth-order valence-electron chi connectivity index (χ4n) is 2.88. The lowest BCUT2D eigenvalue weighted by Gasteiger charge is -2.18. The molecule has 2 heterocycles. The van der Waals surface area contributed by atoms with E-state index in [0.717, 1.165) is 24.2 Å². The lowest BCUT2D eigenvalue weighted by Crippen LogP contribution is -2.31. The summed E-state index contributed by atoms with van der Waals surface area (Å²) in [6.45, 7) is 4.12. The molecule has 0 bridgehead atoms. The number of aromatic nitrogens is 4. The van der Waals surface area contributed by atoms with Crippen molar-refractivity contribution in [2.45, 2.75) is 52.1 Å². The van der Waals surface area contributed by atoms with E-state index in [1.54, 1.807) is 13.1 Å². The molecule has 3 rings (SSSR count). The van der Waals surface area contributed by atoms with Crippen LogP contribution < -0.4 is 5.32 Å². The highest BCUT2D eigenvalue weighted by molar-refractivity contribution is 6.30. The maximum absolute atomic E-state index is 12.2. The Labute approximate surface area is 140 Å². The largest absolute Gasteiger partial charge is 0.347 e. The van der Waals surface area contributed by atoms with Crippen LogP contribution in [0.4, 0.5) is 0 Å². The molecule has 0 radical (unpaired) electrons. The first-order chi connectivity index (χ1) is 11.0. The number of rotatable bonds is 4. The SMILES string of the molecule is Cc1nc(CNC(=O)[C@@H](C)n2cc(Cl)cn2)nc2c1CCCC2. The summed E-state index contributed by atoms with van der Waals surface area (Å²) >= 11 is 5.83. The van der Waals surface area contributed by atoms with Gasteiger partial charge in [-0.3, -0.25) is 9.48 Å². The summed E-state index contributed by atoms with van der Waals surface area (Å²) in [5.41, 5.74) is 3.46. The van der Waals surface area contributed by atoms with Gasteiger partial charge in [0.1, 0.15) is 11.9 Å². The molecule has 1 amide bonds. The molecule has 1 N–H and O–H groups in total. The molecule has 0 fully saturated rings. The molecule has 0 aliphatic heterocycles. The summed E-state index contributed by atoms with van der Waals surface area (Å²) in [7, 11) is 0. The van der Waals surface area contributed by atoms with E-state index in [9.17, 15) is 4.79 Å². The predicted molar refractivity (Wildman–Crippen MR) is 87.2 cm³/mol. The van der Waals surface area contributed by atoms with Crippen LogP contribution in [0, 0.1) is 6.92 Å². The van der Waals surface area contributed by atoms with Crippen LogP contribution in [0.1, 0.15) is 48.6 Å². The van der Waals surface area contributed by atoms with Crippen molar-refractivity contribution in [1.29, 1.82) is 0 Å². The number of nitrogens with zero attached hydrogens (tertiary/aromatic N) is 4. The molecule has 0 spiro atoms. The van der Waals surface area contributed by atoms with Crippen molar-refractivity contribution >= 4 is 17.5 Å². The molecule has 1 aliphatic rings. The molecule has 2 aromatic heterocycles. The van der Waals surface area contributed by atoms with Crippen LogP contribution in [-0.2, 0) is 24.2 Å². The minimum Gasteiger partial charge on any atom is -0.347 e. The molecule has 23 heavy (non-hydrogen) atoms. The number of aryl methyl sites for hydroxylation is 2. The van der Waals surface area contributed by atoms with Crippen molar-refractivity contribution in [2.75, 3.05) is 0 Å². The van der Waals surface area contributed by atoms with Gasteiger partial charge < -0.3 is 5.32 Å². The number of fused-ring (bicyclic) bond motifs is 1. The number of carbonyl (C=O) groups is 1. The van der Waals surface area contributed by atoms with Crippen LogP contribution in [0.25, 0.3) is 0 Å². The molecular formula is C16H20ClN5O. The van der Waals surface area contributed by atoms with Crippen LogP contribution in [0.15, 0.2) is 12.4 Å². The fourth-order valence-corrected chi connectivity index (χ4v) is 3.03. The van der Waals surface area contributed by atoms with Gasteiger partial charge in [0.2, 0.25) is 5.91 Å². The standard InChI is InChI=1S/C16H20ClN5O/c1-10-13-5-3-4-6-14(13)21-15(20-10)8-18-16(23)11(2)22-9-12(17)7-19-22/h7,9,11H,3-6,8H2,1-2H3,(H,18,23)/t11-/m1/s1. The van der Waals surface area contributed by atoms with E-state index in [2.05, 4.69) is 20.4 Å². The number of carbonyl (C=O) groups excluding carboxylic acids is 1. The molecule has 7 heteroatoms. The molecule has 0 saturated heterocycles. The van der Waals surface area contributed by atoms with E-state index >= 15 is 0 Å². The molecule has 1 atom stereocenters. The van der Waals surface area contributed by atoms with Gasteiger partial charge >= 0.3 is 0 Å². The summed E-state index contributed by atoms with van der Waals surface area (Å²) in [5.74, 6) is 0.533. The van der Waals surface area contributed by atoms with Gasteiger partial charge in [0.15, 0.2) is 0 Å². The first-order valence-electron chi connectivity index (χ1n) is 7.87. The number of amides is 1. The Balaban J connectivity index is 1.66. The van der Waals surface area contributed by atoms with E-state index in [0.29, 0.717) is 17.4 Å². The molecule has 122 valence electrons. The first kappa shape index (κ1) is 15.9. The highest BCUT2D eigenvalue weighted by Crippen LogP contribution is 2.21. The predicted octanol–water partition coefficient (Wildman–Crippen LogP) is 2.39. The second kappa shape index (κ2) is 6.66. The molecule has 6 nitrogen and oxygen atoms in total. The monoisotopic (exact) mass is 333 g/mol. The average molecular weight is 334 g/mol. The smallest absolute Gasteiger partial charge is 0.244 e. The third kappa shape index (κ3) is 3.52. The second-order valence-corrected chi connectivity index (χ2v) is 6.33. The Morgan fingerprint density at radius 2 is 2.17 bits per heavy atom. The van der Waals surface area contributed by atoms with E-state index in [1.165, 1.54) is 29.3 Å². The zero-order chi connectivity index (χ0) is 16.4. The molecule has 0 unspecified atom stereocenters. The van der Waals surface area contributed by atoms with Gasteiger partial charge in [-0.2, -0.15) is 5.10 Å². The van der Waals surface area contributed by atoms with Gasteiger partial charge in [-0.1, -0.05) is 11.6 Å². The number of nitrogens with one attached hydrogen (secondary N) is 1. The van der Waals surface area contributed by atoms with E-state index < -0.39 is 6.04 Å². The minimum absolute atomic E-state index is 0.135. The Morgan fingerprint density at radius 3 is 2.91 bits per heavy atom. The maximum atomic E-state index is 12.2. The molecule has 0 aromatic carbocycles. The van der Waals surface area contributed by atoms with Crippen LogP contribution >= 0.6 is 11.6 Å². The van der Waals surface area contributed by atoms with E-state index in [-0.39, 0.29) is 5.91 Å². The van der Waals surface area contributed by atoms with Gasteiger partial charge in [-0.05, 0) is 45.1 Å². The van der Waals surface area contributed by atoms with Crippen LogP contribution in [0.5, 0.6) is 0 Å². The van der Waals surface area contributed by atoms with Crippen molar-refractivity contribution in [3.05, 3.63) is 40.2 Å². The molecule has 2 aromatic rings. The van der Waals surface area contributed by atoms with Crippen LogP contribution in [0.3, 0.4) is 0 Å². The Morgan fingerprint density at radius 1 is 1.39 bits per heavy atom. The lowest BCUT2D eigenvalue weighted by atomic mass is 9.95. The number of hydrogen-bond donors (Lipinski definition) is 1. The summed E-state index contributed by atoms with van der Waals surface area (Å²) in [4.78, 5) is 21.4. The Bertz CT molecular complexity index is 727. The zero-order valence-corrected chi connectivity index (χ0v) is 14.1. The minimum atomic E-state index is -0.429. The van der Waals surface area contributed by atoms with E-state index in [4.69, 9.17) is 11.6 Å². The number of halogens is 1. The van der Waals surface area contributed by atoms with Crippen molar-refractivity contribution in [3.8, 4) is 0 Å². The fraction of sp³-hybridized carbons (Fsp3) is 0.500. The molecular weight excluding hydrogens is 314 g/mol. The van der Waals surface area contributed by atoms with Gasteiger partial charge in [0, 0.05) is 17.6 Å². The second-order valence-electron chi connectivity index (χ2n) is 5.89. The third-order valence-corrected chi connectivity index (χ3v) is 4.40. The zero-order valence-electron chi connectivity index (χ0n) is 13.3. The summed E-state index contributed by atoms with van der Waals surface area (Å²) in [6.07, 6.45) is 7.59. The van der Waals surface area contributed by atoms with Crippen LogP contribution in [-0.4, -0.2) is 25.7 Å². The van der Waals surface area contributed by atoms with Crippen LogP contribution in [0.2, 0.25) is 5.02 Å². The van der Waals surface area contributed by atoms with Gasteiger partial charge in [0.25, 0.3) is 0 Å². The summed E-state index contributed by atoms with van der Waals surface area (Å²) in [5, 5.41) is 7.44. The quantitative estimate of drug-likeness (QED) is 0.932. The van der Waals surface area contributed by atoms with Crippen molar-refractivity contribution in [3.63, 3.8) is 0 Å². The lowest BCUT2D eigenvalue weighted by molar-refractivity contribution is -0.124. The Kier molecular flexibility index (Phi) is 4.61. The van der Waals surface area contributed by atoms with Gasteiger partial charge in [-0.15, -0.1) is 0 Å². The summed E-state index contributed by atoms with van der Waals surface area (Å²) in [6, 6.07) is -0.429. The van der Waals surface area contributed by atoms with Crippen molar-refractivity contribution < 1.29 is 4.79 Å². The normalized spacial score (nSPS) is 15.1. The third-order valence-electron chi connectivity index (χ3n) is 4.20. The highest BCUT2D eigenvalue weighted by Gasteiger charge is 2.18. The van der Waals surface area contributed by atoms with E-state index in [1.807, 2.05) is 6.92 Å². The van der Waals surface area contributed by atoms with Crippen molar-refractivity contribution in [1.82, 2.24) is 25.1 Å².